The Morgan fingerprint density at radius 2 is 2.13 bits per heavy atom. The molecule has 1 atom stereocenters. The second kappa shape index (κ2) is 6.64. The molecule has 1 aliphatic rings. The van der Waals surface area contributed by atoms with Crippen molar-refractivity contribution in [2.45, 2.75) is 19.3 Å². The molecule has 0 bridgehead atoms. The summed E-state index contributed by atoms with van der Waals surface area (Å²) in [5.41, 5.74) is 0.825. The molecule has 2 heterocycles. The molecule has 0 aliphatic carbocycles. The third-order valence-corrected chi connectivity index (χ3v) is 5.57. The lowest BCUT2D eigenvalue weighted by Crippen LogP contribution is -2.11. The zero-order chi connectivity index (χ0) is 16.4. The van der Waals surface area contributed by atoms with Crippen molar-refractivity contribution in [2.24, 2.45) is 0 Å². The van der Waals surface area contributed by atoms with Crippen LogP contribution in [0.15, 0.2) is 29.2 Å². The molecule has 7 heteroatoms. The minimum Gasteiger partial charge on any atom is -0.496 e. The number of allylic oxidation sites excluding steroid dienone is 1. The van der Waals surface area contributed by atoms with E-state index in [1.807, 2.05) is 31.2 Å². The fourth-order valence-electron chi connectivity index (χ4n) is 2.27. The molecule has 0 spiro atoms. The lowest BCUT2D eigenvalue weighted by molar-refractivity contribution is -0.114. The van der Waals surface area contributed by atoms with Crippen molar-refractivity contribution in [3.8, 4) is 5.75 Å². The molecule has 1 aliphatic heterocycles. The van der Waals surface area contributed by atoms with Crippen LogP contribution in [-0.2, 0) is 11.2 Å². The van der Waals surface area contributed by atoms with Gasteiger partial charge in [-0.1, -0.05) is 36.9 Å². The number of carbonyl (C=O) groups is 1. The van der Waals surface area contributed by atoms with Crippen molar-refractivity contribution in [1.29, 1.82) is 5.41 Å². The Bertz CT molecular complexity index is 798. The van der Waals surface area contributed by atoms with Crippen molar-refractivity contribution in [2.75, 3.05) is 7.11 Å². The van der Waals surface area contributed by atoms with Gasteiger partial charge in [-0.25, -0.2) is 0 Å². The van der Waals surface area contributed by atoms with E-state index >= 15 is 0 Å². The number of para-hydroxylation sites is 1. The summed E-state index contributed by atoms with van der Waals surface area (Å²) in [4.78, 5) is 13.2. The van der Waals surface area contributed by atoms with Gasteiger partial charge in [-0.15, -0.1) is 21.5 Å². The number of hydrogen-bond donors (Lipinski definition) is 1. The van der Waals surface area contributed by atoms with Gasteiger partial charge in [0.2, 0.25) is 0 Å². The maximum Gasteiger partial charge on any atom is 0.186 e. The SMILES string of the molecule is CCc1nnc([C@@H]2C(=N)S/C(=C\c3ccccc3OC)C2=O)s1. The number of benzene rings is 1. The minimum atomic E-state index is -0.612. The van der Waals surface area contributed by atoms with Crippen molar-refractivity contribution in [1.82, 2.24) is 10.2 Å². The Hall–Kier alpha value is -1.99. The number of ketones is 1. The first-order valence-electron chi connectivity index (χ1n) is 7.11. The zero-order valence-corrected chi connectivity index (χ0v) is 14.3. The molecule has 3 rings (SSSR count). The number of carbonyl (C=O) groups excluding carboxylic acids is 1. The third kappa shape index (κ3) is 3.07. The number of aromatic nitrogens is 2. The standard InChI is InChI=1S/C16H15N3O2S2/c1-3-12-18-19-16(23-12)13-14(20)11(22-15(13)17)8-9-6-4-5-7-10(9)21-2/h4-8,13,17H,3H2,1-2H3/b11-8-,17-15?/t13-/m0/s1. The highest BCUT2D eigenvalue weighted by Crippen LogP contribution is 2.42. The van der Waals surface area contributed by atoms with E-state index in [9.17, 15) is 4.79 Å². The number of nitrogens with one attached hydrogen (secondary N) is 1. The van der Waals surface area contributed by atoms with E-state index in [0.29, 0.717) is 20.7 Å². The van der Waals surface area contributed by atoms with Crippen LogP contribution >= 0.6 is 23.1 Å². The molecule has 0 amide bonds. The largest absolute Gasteiger partial charge is 0.496 e. The van der Waals surface area contributed by atoms with Crippen LogP contribution in [0.4, 0.5) is 0 Å². The van der Waals surface area contributed by atoms with Gasteiger partial charge in [0.05, 0.1) is 17.1 Å². The van der Waals surface area contributed by atoms with Gasteiger partial charge in [0.15, 0.2) is 5.78 Å². The summed E-state index contributed by atoms with van der Waals surface area (Å²) < 4.78 is 5.31. The van der Waals surface area contributed by atoms with Gasteiger partial charge in [0, 0.05) is 5.56 Å². The van der Waals surface area contributed by atoms with Crippen molar-refractivity contribution in [3.63, 3.8) is 0 Å². The molecule has 1 aromatic carbocycles. The maximum absolute atomic E-state index is 12.7. The molecule has 1 aromatic heterocycles. The predicted octanol–water partition coefficient (Wildman–Crippen LogP) is 3.53. The topological polar surface area (TPSA) is 75.9 Å². The van der Waals surface area contributed by atoms with Gasteiger partial charge in [0.1, 0.15) is 21.7 Å². The molecule has 0 radical (unpaired) electrons. The number of methoxy groups -OCH3 is 1. The number of rotatable bonds is 4. The van der Waals surface area contributed by atoms with Gasteiger partial charge >= 0.3 is 0 Å². The Labute approximate surface area is 142 Å². The number of nitrogens with zero attached hydrogens (tertiary/aromatic N) is 2. The first-order valence-corrected chi connectivity index (χ1v) is 8.74. The van der Waals surface area contributed by atoms with Crippen molar-refractivity contribution >= 4 is 40.0 Å². The van der Waals surface area contributed by atoms with Crippen LogP contribution in [0.2, 0.25) is 0 Å². The van der Waals surface area contributed by atoms with Crippen LogP contribution < -0.4 is 4.74 Å². The van der Waals surface area contributed by atoms with Gasteiger partial charge in [0.25, 0.3) is 0 Å². The summed E-state index contributed by atoms with van der Waals surface area (Å²) in [5.74, 6) is -0.00367. The minimum absolute atomic E-state index is 0.0929. The average molecular weight is 345 g/mol. The summed E-state index contributed by atoms with van der Waals surface area (Å²) in [5, 5.41) is 18.1. The fraction of sp³-hybridized carbons (Fsp3) is 0.250. The third-order valence-electron chi connectivity index (χ3n) is 3.44. The quantitative estimate of drug-likeness (QED) is 0.858. The summed E-state index contributed by atoms with van der Waals surface area (Å²) in [6.07, 6.45) is 2.56. The number of ether oxygens (including phenoxy) is 1. The van der Waals surface area contributed by atoms with Crippen LogP contribution in [0.25, 0.3) is 6.08 Å². The highest BCUT2D eigenvalue weighted by atomic mass is 32.2. The van der Waals surface area contributed by atoms with Crippen LogP contribution in [0.3, 0.4) is 0 Å². The van der Waals surface area contributed by atoms with Crippen LogP contribution in [0, 0.1) is 5.41 Å². The van der Waals surface area contributed by atoms with Crippen molar-refractivity contribution < 1.29 is 9.53 Å². The predicted molar refractivity (Wildman–Crippen MR) is 93.3 cm³/mol. The smallest absolute Gasteiger partial charge is 0.186 e. The number of aryl methyl sites for hydroxylation is 1. The van der Waals surface area contributed by atoms with Gasteiger partial charge < -0.3 is 4.74 Å². The molecule has 0 saturated carbocycles. The van der Waals surface area contributed by atoms with E-state index in [1.165, 1.54) is 23.1 Å². The van der Waals surface area contributed by atoms with E-state index in [4.69, 9.17) is 10.1 Å². The molecule has 118 valence electrons. The van der Waals surface area contributed by atoms with Gasteiger partial charge in [-0.3, -0.25) is 10.2 Å². The Morgan fingerprint density at radius 1 is 1.35 bits per heavy atom. The first kappa shape index (κ1) is 15.9. The maximum atomic E-state index is 12.7. The summed E-state index contributed by atoms with van der Waals surface area (Å²) >= 11 is 2.59. The van der Waals surface area contributed by atoms with Crippen molar-refractivity contribution in [3.05, 3.63) is 44.7 Å². The average Bonchev–Trinajstić information content (AvgIpc) is 3.13. The summed E-state index contributed by atoms with van der Waals surface area (Å²) in [6.45, 7) is 1.99. The van der Waals surface area contributed by atoms with Gasteiger partial charge in [-0.2, -0.15) is 0 Å². The van der Waals surface area contributed by atoms with E-state index in [0.717, 1.165) is 17.0 Å². The molecule has 23 heavy (non-hydrogen) atoms. The van der Waals surface area contributed by atoms with E-state index in [2.05, 4.69) is 10.2 Å². The summed E-state index contributed by atoms with van der Waals surface area (Å²) in [7, 11) is 1.60. The normalized spacial score (nSPS) is 19.6. The molecule has 1 fully saturated rings. The Balaban J connectivity index is 1.93. The van der Waals surface area contributed by atoms with E-state index in [-0.39, 0.29) is 5.78 Å². The first-order chi connectivity index (χ1) is 11.1. The molecular weight excluding hydrogens is 330 g/mol. The van der Waals surface area contributed by atoms with E-state index in [1.54, 1.807) is 13.2 Å². The molecule has 5 nitrogen and oxygen atoms in total. The molecule has 1 saturated heterocycles. The van der Waals surface area contributed by atoms with Crippen LogP contribution in [-0.4, -0.2) is 28.1 Å². The number of Topliss-reactive ketones (excluding diaryl/α,β-unsaturated/α-hetero) is 1. The van der Waals surface area contributed by atoms with Gasteiger partial charge in [-0.05, 0) is 18.6 Å². The summed E-state index contributed by atoms with van der Waals surface area (Å²) in [6, 6.07) is 7.50. The highest BCUT2D eigenvalue weighted by Gasteiger charge is 2.39. The highest BCUT2D eigenvalue weighted by molar-refractivity contribution is 8.19. The molecule has 0 unspecified atom stereocenters. The van der Waals surface area contributed by atoms with Crippen LogP contribution in [0.5, 0.6) is 5.75 Å². The molecule has 2 aromatic rings. The number of hydrogen-bond acceptors (Lipinski definition) is 7. The lowest BCUT2D eigenvalue weighted by Gasteiger charge is -2.04. The second-order valence-corrected chi connectivity index (χ2v) is 7.08. The number of thioether (sulfide) groups is 1. The van der Waals surface area contributed by atoms with E-state index < -0.39 is 5.92 Å². The Morgan fingerprint density at radius 3 is 2.83 bits per heavy atom. The zero-order valence-electron chi connectivity index (χ0n) is 12.7. The lowest BCUT2D eigenvalue weighted by atomic mass is 10.0. The second-order valence-electron chi connectivity index (χ2n) is 4.90. The molecule has 1 N–H and O–H groups in total. The Kier molecular flexibility index (Phi) is 4.58. The fourth-order valence-corrected chi connectivity index (χ4v) is 4.21. The van der Waals surface area contributed by atoms with Crippen LogP contribution in [0.1, 0.15) is 28.4 Å². The molecular formula is C16H15N3O2S2. The monoisotopic (exact) mass is 345 g/mol.